The lowest BCUT2D eigenvalue weighted by atomic mass is 10.1. The molecule has 0 N–H and O–H groups in total. The Hall–Kier alpha value is -2.44. The SMILES string of the molecule is Cc1ccc(/C=C2\SC(=O)N(Cc3cc4c(cc3Cl)OCO4)C2=O)cc1. The van der Waals surface area contributed by atoms with Gasteiger partial charge in [0.2, 0.25) is 6.79 Å². The van der Waals surface area contributed by atoms with E-state index in [1.165, 1.54) is 4.90 Å². The van der Waals surface area contributed by atoms with Crippen molar-refractivity contribution in [3.63, 3.8) is 0 Å². The van der Waals surface area contributed by atoms with Crippen molar-refractivity contribution < 1.29 is 19.1 Å². The highest BCUT2D eigenvalue weighted by Crippen LogP contribution is 2.39. The summed E-state index contributed by atoms with van der Waals surface area (Å²) in [5, 5.41) is 0.109. The summed E-state index contributed by atoms with van der Waals surface area (Å²) in [7, 11) is 0. The summed E-state index contributed by atoms with van der Waals surface area (Å²) >= 11 is 7.19. The standard InChI is InChI=1S/C19H14ClNO4S/c1-11-2-4-12(5-3-11)6-17-18(22)21(19(23)26-17)9-13-7-15-16(8-14(13)20)25-10-24-15/h2-8H,9-10H2,1H3/b17-6-. The number of nitrogens with zero attached hydrogens (tertiary/aromatic N) is 1. The van der Waals surface area contributed by atoms with Crippen molar-refractivity contribution in [2.75, 3.05) is 6.79 Å². The number of benzene rings is 2. The molecule has 2 aliphatic heterocycles. The second kappa shape index (κ2) is 6.70. The zero-order chi connectivity index (χ0) is 18.3. The summed E-state index contributed by atoms with van der Waals surface area (Å²) in [5.74, 6) is 0.799. The van der Waals surface area contributed by atoms with Gasteiger partial charge in [0.1, 0.15) is 0 Å². The number of imide groups is 1. The van der Waals surface area contributed by atoms with Crippen molar-refractivity contribution in [2.24, 2.45) is 0 Å². The van der Waals surface area contributed by atoms with Gasteiger partial charge >= 0.3 is 0 Å². The van der Waals surface area contributed by atoms with Gasteiger partial charge in [0.15, 0.2) is 11.5 Å². The lowest BCUT2D eigenvalue weighted by molar-refractivity contribution is -0.123. The molecule has 1 saturated heterocycles. The van der Waals surface area contributed by atoms with Crippen molar-refractivity contribution >= 4 is 40.6 Å². The minimum Gasteiger partial charge on any atom is -0.454 e. The molecule has 0 aliphatic carbocycles. The van der Waals surface area contributed by atoms with Crippen LogP contribution in [0.3, 0.4) is 0 Å². The van der Waals surface area contributed by atoms with E-state index in [-0.39, 0.29) is 24.5 Å². The number of carbonyl (C=O) groups excluding carboxylic acids is 2. The average molecular weight is 388 g/mol. The fraction of sp³-hybridized carbons (Fsp3) is 0.158. The molecule has 0 saturated carbocycles. The number of hydrogen-bond donors (Lipinski definition) is 0. The fourth-order valence-electron chi connectivity index (χ4n) is 2.70. The molecule has 0 radical (unpaired) electrons. The molecule has 2 aromatic carbocycles. The lowest BCUT2D eigenvalue weighted by Gasteiger charge is -2.14. The number of ether oxygens (including phenoxy) is 2. The molecule has 2 aromatic rings. The molecular weight excluding hydrogens is 374 g/mol. The van der Waals surface area contributed by atoms with Gasteiger partial charge in [0.25, 0.3) is 11.1 Å². The van der Waals surface area contributed by atoms with E-state index in [1.807, 2.05) is 31.2 Å². The summed E-state index contributed by atoms with van der Waals surface area (Å²) in [4.78, 5) is 26.6. The van der Waals surface area contributed by atoms with Crippen molar-refractivity contribution in [1.82, 2.24) is 4.90 Å². The van der Waals surface area contributed by atoms with Gasteiger partial charge in [0, 0.05) is 11.1 Å². The molecule has 132 valence electrons. The molecule has 0 aromatic heterocycles. The van der Waals surface area contributed by atoms with Crippen molar-refractivity contribution in [2.45, 2.75) is 13.5 Å². The van der Waals surface area contributed by atoms with E-state index in [0.29, 0.717) is 27.0 Å². The molecule has 0 bridgehead atoms. The van der Waals surface area contributed by atoms with Crippen LogP contribution >= 0.6 is 23.4 Å². The predicted molar refractivity (Wildman–Crippen MR) is 100 cm³/mol. The first-order valence-corrected chi connectivity index (χ1v) is 9.11. The first kappa shape index (κ1) is 17.0. The van der Waals surface area contributed by atoms with Gasteiger partial charge in [-0.05, 0) is 42.0 Å². The molecule has 4 rings (SSSR count). The van der Waals surface area contributed by atoms with E-state index in [9.17, 15) is 9.59 Å². The highest BCUT2D eigenvalue weighted by atomic mass is 35.5. The Morgan fingerprint density at radius 1 is 1.15 bits per heavy atom. The van der Waals surface area contributed by atoms with Crippen molar-refractivity contribution in [1.29, 1.82) is 0 Å². The number of thioether (sulfide) groups is 1. The third-order valence-corrected chi connectivity index (χ3v) is 5.38. The van der Waals surface area contributed by atoms with Crippen LogP contribution in [0.15, 0.2) is 41.3 Å². The van der Waals surface area contributed by atoms with Crippen LogP contribution in [0.2, 0.25) is 5.02 Å². The van der Waals surface area contributed by atoms with Gasteiger partial charge < -0.3 is 9.47 Å². The number of halogens is 1. The Balaban J connectivity index is 1.57. The van der Waals surface area contributed by atoms with Gasteiger partial charge in [0.05, 0.1) is 11.4 Å². The van der Waals surface area contributed by atoms with E-state index >= 15 is 0 Å². The number of rotatable bonds is 3. The van der Waals surface area contributed by atoms with Crippen LogP contribution < -0.4 is 9.47 Å². The normalized spacial score (nSPS) is 17.5. The lowest BCUT2D eigenvalue weighted by Crippen LogP contribution is -2.27. The van der Waals surface area contributed by atoms with E-state index in [1.54, 1.807) is 18.2 Å². The molecular formula is C19H14ClNO4S. The number of amides is 2. The maximum atomic E-state index is 12.7. The Bertz CT molecular complexity index is 939. The van der Waals surface area contributed by atoms with Crippen molar-refractivity contribution in [3.8, 4) is 11.5 Å². The molecule has 2 heterocycles. The number of fused-ring (bicyclic) bond motifs is 1. The Labute approximate surface area is 159 Å². The van der Waals surface area contributed by atoms with Crippen LogP contribution in [-0.2, 0) is 11.3 Å². The van der Waals surface area contributed by atoms with Crippen molar-refractivity contribution in [3.05, 3.63) is 63.0 Å². The molecule has 1 fully saturated rings. The van der Waals surface area contributed by atoms with Gasteiger partial charge in [-0.15, -0.1) is 0 Å². The summed E-state index contributed by atoms with van der Waals surface area (Å²) in [5.41, 5.74) is 2.64. The summed E-state index contributed by atoms with van der Waals surface area (Å²) in [6.07, 6.45) is 1.73. The minimum absolute atomic E-state index is 0.0887. The quantitative estimate of drug-likeness (QED) is 0.719. The maximum Gasteiger partial charge on any atom is 0.293 e. The number of aryl methyl sites for hydroxylation is 1. The Morgan fingerprint density at radius 3 is 2.58 bits per heavy atom. The number of hydrogen-bond acceptors (Lipinski definition) is 5. The Kier molecular flexibility index (Phi) is 4.38. The fourth-order valence-corrected chi connectivity index (χ4v) is 3.75. The third kappa shape index (κ3) is 3.18. The van der Waals surface area contributed by atoms with Gasteiger partial charge in [-0.3, -0.25) is 14.5 Å². The summed E-state index contributed by atoms with van der Waals surface area (Å²) < 4.78 is 10.6. The van der Waals surface area contributed by atoms with E-state index in [0.717, 1.165) is 22.9 Å². The maximum absolute atomic E-state index is 12.7. The molecule has 2 aliphatic rings. The van der Waals surface area contributed by atoms with Crippen LogP contribution in [0, 0.1) is 6.92 Å². The molecule has 7 heteroatoms. The van der Waals surface area contributed by atoms with Crippen LogP contribution in [0.5, 0.6) is 11.5 Å². The Morgan fingerprint density at radius 2 is 1.85 bits per heavy atom. The zero-order valence-corrected chi connectivity index (χ0v) is 15.4. The summed E-state index contributed by atoms with van der Waals surface area (Å²) in [6.45, 7) is 2.22. The topological polar surface area (TPSA) is 55.8 Å². The highest BCUT2D eigenvalue weighted by molar-refractivity contribution is 8.18. The van der Waals surface area contributed by atoms with E-state index in [4.69, 9.17) is 21.1 Å². The van der Waals surface area contributed by atoms with Gasteiger partial charge in [-0.25, -0.2) is 0 Å². The van der Waals surface area contributed by atoms with Crippen LogP contribution in [0.25, 0.3) is 6.08 Å². The number of carbonyl (C=O) groups is 2. The first-order valence-electron chi connectivity index (χ1n) is 7.91. The van der Waals surface area contributed by atoms with Crippen LogP contribution in [0.4, 0.5) is 4.79 Å². The van der Waals surface area contributed by atoms with E-state index in [2.05, 4.69) is 0 Å². The zero-order valence-electron chi connectivity index (χ0n) is 13.8. The molecule has 26 heavy (non-hydrogen) atoms. The van der Waals surface area contributed by atoms with Gasteiger partial charge in [-0.2, -0.15) is 0 Å². The van der Waals surface area contributed by atoms with Gasteiger partial charge in [-0.1, -0.05) is 41.4 Å². The molecule has 0 atom stereocenters. The third-order valence-electron chi connectivity index (χ3n) is 4.12. The minimum atomic E-state index is -0.325. The first-order chi connectivity index (χ1) is 12.5. The molecule has 0 unspecified atom stereocenters. The average Bonchev–Trinajstić information content (AvgIpc) is 3.16. The predicted octanol–water partition coefficient (Wildman–Crippen LogP) is 4.61. The summed E-state index contributed by atoms with van der Waals surface area (Å²) in [6, 6.07) is 11.1. The second-order valence-electron chi connectivity index (χ2n) is 5.98. The highest BCUT2D eigenvalue weighted by Gasteiger charge is 2.35. The monoisotopic (exact) mass is 387 g/mol. The largest absolute Gasteiger partial charge is 0.454 e. The van der Waals surface area contributed by atoms with Crippen LogP contribution in [0.1, 0.15) is 16.7 Å². The second-order valence-corrected chi connectivity index (χ2v) is 7.38. The smallest absolute Gasteiger partial charge is 0.293 e. The molecule has 5 nitrogen and oxygen atoms in total. The molecule has 2 amide bonds. The molecule has 0 spiro atoms. The van der Waals surface area contributed by atoms with E-state index < -0.39 is 0 Å². The van der Waals surface area contributed by atoms with Crippen LogP contribution in [-0.4, -0.2) is 22.8 Å².